The summed E-state index contributed by atoms with van der Waals surface area (Å²) in [6, 6.07) is 6.92. The van der Waals surface area contributed by atoms with E-state index in [-0.39, 0.29) is 16.7 Å². The molecule has 2 rings (SSSR count). The first-order valence-electron chi connectivity index (χ1n) is 8.91. The SMILES string of the molecule is CCCOc1cc2c(cc1C(C)CC#N)C(C)(C)CCC2(C)C. The maximum Gasteiger partial charge on any atom is 0.123 e. The molecule has 0 saturated heterocycles. The van der Waals surface area contributed by atoms with Crippen molar-refractivity contribution in [3.05, 3.63) is 28.8 Å². The van der Waals surface area contributed by atoms with Gasteiger partial charge in [-0.05, 0) is 58.8 Å². The molecule has 0 amide bonds. The molecule has 0 fully saturated rings. The first kappa shape index (κ1) is 17.9. The zero-order chi connectivity index (χ0) is 17.3. The second kappa shape index (κ2) is 6.56. The number of fused-ring (bicyclic) bond motifs is 1. The Kier molecular flexibility index (Phi) is 5.09. The van der Waals surface area contributed by atoms with Gasteiger partial charge in [-0.2, -0.15) is 5.26 Å². The first-order chi connectivity index (χ1) is 10.7. The fourth-order valence-electron chi connectivity index (χ4n) is 3.58. The molecular weight excluding hydrogens is 282 g/mol. The smallest absolute Gasteiger partial charge is 0.123 e. The minimum Gasteiger partial charge on any atom is -0.493 e. The molecule has 1 atom stereocenters. The maximum atomic E-state index is 9.10. The molecule has 23 heavy (non-hydrogen) atoms. The van der Waals surface area contributed by atoms with E-state index < -0.39 is 0 Å². The molecule has 0 heterocycles. The molecule has 0 aromatic heterocycles. The van der Waals surface area contributed by atoms with Gasteiger partial charge in [0.1, 0.15) is 5.75 Å². The highest BCUT2D eigenvalue weighted by molar-refractivity contribution is 5.51. The van der Waals surface area contributed by atoms with Crippen LogP contribution >= 0.6 is 0 Å². The Balaban J connectivity index is 2.61. The second-order valence-electron chi connectivity index (χ2n) is 8.32. The van der Waals surface area contributed by atoms with Gasteiger partial charge in [0.2, 0.25) is 0 Å². The van der Waals surface area contributed by atoms with Crippen LogP contribution in [0.5, 0.6) is 5.75 Å². The van der Waals surface area contributed by atoms with Crippen molar-refractivity contribution in [1.29, 1.82) is 5.26 Å². The lowest BCUT2D eigenvalue weighted by molar-refractivity contribution is 0.303. The van der Waals surface area contributed by atoms with Crippen molar-refractivity contribution >= 4 is 0 Å². The van der Waals surface area contributed by atoms with Gasteiger partial charge in [-0.25, -0.2) is 0 Å². The van der Waals surface area contributed by atoms with Crippen molar-refractivity contribution < 1.29 is 4.74 Å². The van der Waals surface area contributed by atoms with Crippen molar-refractivity contribution in [3.63, 3.8) is 0 Å². The number of hydrogen-bond donors (Lipinski definition) is 0. The van der Waals surface area contributed by atoms with Gasteiger partial charge >= 0.3 is 0 Å². The lowest BCUT2D eigenvalue weighted by Gasteiger charge is -2.42. The minimum absolute atomic E-state index is 0.187. The number of benzene rings is 1. The summed E-state index contributed by atoms with van der Waals surface area (Å²) in [6.07, 6.45) is 3.94. The van der Waals surface area contributed by atoms with Crippen LogP contribution in [-0.2, 0) is 10.8 Å². The van der Waals surface area contributed by atoms with Gasteiger partial charge in [0, 0.05) is 6.42 Å². The summed E-state index contributed by atoms with van der Waals surface area (Å²) in [7, 11) is 0. The summed E-state index contributed by atoms with van der Waals surface area (Å²) in [5.74, 6) is 1.19. The minimum atomic E-state index is 0.187. The highest BCUT2D eigenvalue weighted by atomic mass is 16.5. The molecule has 2 heteroatoms. The standard InChI is InChI=1S/C21H31NO/c1-7-12-23-19-14-18-17(13-16(19)15(2)8-11-22)20(3,4)9-10-21(18,5)6/h13-15H,7-10,12H2,1-6H3. The third-order valence-corrected chi connectivity index (χ3v) is 5.37. The van der Waals surface area contributed by atoms with Crippen LogP contribution in [0.3, 0.4) is 0 Å². The molecule has 0 N–H and O–H groups in total. The molecule has 0 bridgehead atoms. The van der Waals surface area contributed by atoms with E-state index in [0.717, 1.165) is 18.8 Å². The van der Waals surface area contributed by atoms with Crippen LogP contribution in [0.25, 0.3) is 0 Å². The normalized spacial score (nSPS) is 19.5. The molecule has 1 aromatic rings. The summed E-state index contributed by atoms with van der Waals surface area (Å²) in [5, 5.41) is 9.10. The van der Waals surface area contributed by atoms with Crippen molar-refractivity contribution in [2.24, 2.45) is 0 Å². The molecule has 2 nitrogen and oxygen atoms in total. The van der Waals surface area contributed by atoms with Crippen molar-refractivity contribution in [2.75, 3.05) is 6.61 Å². The predicted octanol–water partition coefficient (Wildman–Crippen LogP) is 5.84. The number of hydrogen-bond acceptors (Lipinski definition) is 2. The molecule has 1 aliphatic carbocycles. The maximum absolute atomic E-state index is 9.10. The Hall–Kier alpha value is -1.49. The van der Waals surface area contributed by atoms with Crippen molar-refractivity contribution in [1.82, 2.24) is 0 Å². The molecule has 1 aromatic carbocycles. The molecular formula is C21H31NO. The van der Waals surface area contributed by atoms with Gasteiger partial charge in [0.05, 0.1) is 12.7 Å². The average molecular weight is 313 g/mol. The molecule has 0 spiro atoms. The summed E-state index contributed by atoms with van der Waals surface area (Å²) >= 11 is 0. The van der Waals surface area contributed by atoms with E-state index >= 15 is 0 Å². The van der Waals surface area contributed by atoms with Crippen molar-refractivity contribution in [3.8, 4) is 11.8 Å². The van der Waals surface area contributed by atoms with Gasteiger partial charge in [-0.1, -0.05) is 47.6 Å². The number of nitriles is 1. The molecule has 0 aliphatic heterocycles. The Morgan fingerprint density at radius 2 is 1.70 bits per heavy atom. The lowest BCUT2D eigenvalue weighted by Crippen LogP contribution is -2.34. The van der Waals surface area contributed by atoms with Crippen LogP contribution in [0, 0.1) is 11.3 Å². The van der Waals surface area contributed by atoms with E-state index in [1.165, 1.54) is 29.5 Å². The summed E-state index contributed by atoms with van der Waals surface area (Å²) in [6.45, 7) is 14.3. The third kappa shape index (κ3) is 3.55. The quantitative estimate of drug-likeness (QED) is 0.684. The van der Waals surface area contributed by atoms with E-state index in [9.17, 15) is 0 Å². The van der Waals surface area contributed by atoms with Crippen molar-refractivity contribution in [2.45, 2.75) is 84.0 Å². The number of nitrogens with zero attached hydrogens (tertiary/aromatic N) is 1. The van der Waals surface area contributed by atoms with Crippen LogP contribution in [0.4, 0.5) is 0 Å². The summed E-state index contributed by atoms with van der Waals surface area (Å²) in [4.78, 5) is 0. The van der Waals surface area contributed by atoms with Gasteiger partial charge in [0.15, 0.2) is 0 Å². The summed E-state index contributed by atoms with van der Waals surface area (Å²) < 4.78 is 6.07. The highest BCUT2D eigenvalue weighted by Gasteiger charge is 2.38. The topological polar surface area (TPSA) is 33.0 Å². The van der Waals surface area contributed by atoms with Gasteiger partial charge in [-0.15, -0.1) is 0 Å². The first-order valence-corrected chi connectivity index (χ1v) is 8.91. The monoisotopic (exact) mass is 313 g/mol. The Labute approximate surface area is 141 Å². The van der Waals surface area contributed by atoms with Crippen LogP contribution in [-0.4, -0.2) is 6.61 Å². The van der Waals surface area contributed by atoms with E-state index in [2.05, 4.69) is 59.7 Å². The van der Waals surface area contributed by atoms with Gasteiger partial charge in [0.25, 0.3) is 0 Å². The zero-order valence-electron chi connectivity index (χ0n) is 15.6. The average Bonchev–Trinajstić information content (AvgIpc) is 2.49. The molecule has 126 valence electrons. The lowest BCUT2D eigenvalue weighted by atomic mass is 9.62. The van der Waals surface area contributed by atoms with Crippen LogP contribution < -0.4 is 4.74 Å². The second-order valence-corrected chi connectivity index (χ2v) is 8.32. The summed E-state index contributed by atoms with van der Waals surface area (Å²) in [5.41, 5.74) is 4.44. The van der Waals surface area contributed by atoms with E-state index in [1.54, 1.807) is 0 Å². The highest BCUT2D eigenvalue weighted by Crippen LogP contribution is 2.48. The fraction of sp³-hybridized carbons (Fsp3) is 0.667. The van der Waals surface area contributed by atoms with Gasteiger partial charge < -0.3 is 4.74 Å². The van der Waals surface area contributed by atoms with E-state index in [0.29, 0.717) is 6.42 Å². The van der Waals surface area contributed by atoms with Crippen LogP contribution in [0.1, 0.15) is 89.8 Å². The molecule has 1 aliphatic rings. The largest absolute Gasteiger partial charge is 0.493 e. The zero-order valence-corrected chi connectivity index (χ0v) is 15.6. The van der Waals surface area contributed by atoms with E-state index in [4.69, 9.17) is 10.00 Å². The van der Waals surface area contributed by atoms with Crippen LogP contribution in [0.15, 0.2) is 12.1 Å². The Bertz CT molecular complexity index is 607. The van der Waals surface area contributed by atoms with E-state index in [1.807, 2.05) is 0 Å². The Morgan fingerprint density at radius 1 is 1.13 bits per heavy atom. The predicted molar refractivity (Wildman–Crippen MR) is 96.2 cm³/mol. The van der Waals surface area contributed by atoms with Gasteiger partial charge in [-0.3, -0.25) is 0 Å². The molecule has 1 unspecified atom stereocenters. The molecule has 0 radical (unpaired) electrons. The fourth-order valence-corrected chi connectivity index (χ4v) is 3.58. The Morgan fingerprint density at radius 3 is 2.22 bits per heavy atom. The number of ether oxygens (including phenoxy) is 1. The van der Waals surface area contributed by atoms with Crippen LogP contribution in [0.2, 0.25) is 0 Å². The third-order valence-electron chi connectivity index (χ3n) is 5.37. The molecule has 0 saturated carbocycles. The number of rotatable bonds is 5.